The molecule has 0 fully saturated rings. The summed E-state index contributed by atoms with van der Waals surface area (Å²) in [7, 11) is 0. The second kappa shape index (κ2) is 5.98. The molecule has 3 heterocycles. The predicted octanol–water partition coefficient (Wildman–Crippen LogP) is 3.90. The summed E-state index contributed by atoms with van der Waals surface area (Å²) in [5.41, 5.74) is 1.89. The molecule has 8 heteroatoms. The average Bonchev–Trinajstić information content (AvgIpc) is 3.25. The lowest BCUT2D eigenvalue weighted by atomic mass is 10.0. The molecule has 0 unspecified atom stereocenters. The molecule has 0 saturated carbocycles. The Bertz CT molecular complexity index is 1310. The van der Waals surface area contributed by atoms with Crippen LogP contribution in [-0.2, 0) is 6.54 Å². The van der Waals surface area contributed by atoms with Crippen LogP contribution in [0.3, 0.4) is 0 Å². The summed E-state index contributed by atoms with van der Waals surface area (Å²) in [4.78, 5) is 18.7. The van der Waals surface area contributed by atoms with Crippen LogP contribution in [0.5, 0.6) is 0 Å². The van der Waals surface area contributed by atoms with E-state index in [1.165, 1.54) is 6.07 Å². The molecular formula is C20H13F3N4O. The van der Waals surface area contributed by atoms with Crippen LogP contribution in [0.4, 0.5) is 19.1 Å². The molecule has 0 bridgehead atoms. The number of aromatic amines is 1. The van der Waals surface area contributed by atoms with E-state index in [2.05, 4.69) is 15.3 Å². The molecular weight excluding hydrogens is 369 g/mol. The normalized spacial score (nSPS) is 13.0. The third-order valence-corrected chi connectivity index (χ3v) is 4.85. The molecule has 4 aromatic rings. The molecule has 5 nitrogen and oxygen atoms in total. The van der Waals surface area contributed by atoms with Gasteiger partial charge in [0.15, 0.2) is 11.6 Å². The van der Waals surface area contributed by atoms with E-state index in [1.807, 2.05) is 10.6 Å². The first kappa shape index (κ1) is 16.6. The van der Waals surface area contributed by atoms with E-state index < -0.39 is 17.5 Å². The van der Waals surface area contributed by atoms with Crippen molar-refractivity contribution in [2.75, 3.05) is 11.9 Å². The highest BCUT2D eigenvalue weighted by Crippen LogP contribution is 2.38. The van der Waals surface area contributed by atoms with Gasteiger partial charge in [0.05, 0.1) is 5.69 Å². The van der Waals surface area contributed by atoms with E-state index in [-0.39, 0.29) is 16.8 Å². The summed E-state index contributed by atoms with van der Waals surface area (Å²) in [6.07, 6.45) is 0. The van der Waals surface area contributed by atoms with Crippen LogP contribution in [0.2, 0.25) is 0 Å². The zero-order valence-corrected chi connectivity index (χ0v) is 14.4. The third kappa shape index (κ3) is 2.49. The molecule has 0 amide bonds. The molecule has 1 aliphatic heterocycles. The number of hydrogen-bond acceptors (Lipinski definition) is 3. The fourth-order valence-electron chi connectivity index (χ4n) is 3.57. The number of halogens is 3. The summed E-state index contributed by atoms with van der Waals surface area (Å²) >= 11 is 0. The van der Waals surface area contributed by atoms with Gasteiger partial charge in [-0.2, -0.15) is 0 Å². The number of imidazole rings is 1. The van der Waals surface area contributed by atoms with Crippen LogP contribution in [-0.4, -0.2) is 21.1 Å². The maximum absolute atomic E-state index is 14.5. The molecule has 0 aliphatic carbocycles. The predicted molar refractivity (Wildman–Crippen MR) is 99.6 cm³/mol. The molecule has 140 valence electrons. The fraction of sp³-hybridized carbons (Fsp3) is 0.100. The molecule has 1 aliphatic rings. The Balaban J connectivity index is 1.77. The largest absolute Gasteiger partial charge is 0.354 e. The minimum absolute atomic E-state index is 0.112. The lowest BCUT2D eigenvalue weighted by Crippen LogP contribution is -2.03. The van der Waals surface area contributed by atoms with Gasteiger partial charge in [-0.15, -0.1) is 0 Å². The smallest absolute Gasteiger partial charge is 0.248 e. The number of pyridine rings is 1. The maximum atomic E-state index is 14.5. The minimum Gasteiger partial charge on any atom is -0.354 e. The standard InChI is InChI=1S/C20H13F3N4O/c21-13-9-15(23)14(22)8-12(13)18-19(27-6-5-24-20(27)26-18)11-1-3-16-10(7-11)2-4-17(28)25-16/h1-4,7-9H,5-6H2,(H,24,26)(H,25,28). The number of H-pyrrole nitrogens is 1. The molecule has 28 heavy (non-hydrogen) atoms. The summed E-state index contributed by atoms with van der Waals surface area (Å²) < 4.78 is 43.5. The van der Waals surface area contributed by atoms with Gasteiger partial charge in [0, 0.05) is 41.9 Å². The fourth-order valence-corrected chi connectivity index (χ4v) is 3.57. The van der Waals surface area contributed by atoms with Crippen molar-refractivity contribution in [1.82, 2.24) is 14.5 Å². The van der Waals surface area contributed by atoms with E-state index in [4.69, 9.17) is 0 Å². The number of aromatic nitrogens is 3. The molecule has 0 spiro atoms. The number of hydrogen-bond donors (Lipinski definition) is 2. The SMILES string of the molecule is O=c1ccc2cc(-c3c(-c4cc(F)c(F)cc4F)nc4n3CCN4)ccc2[nH]1. The van der Waals surface area contributed by atoms with Crippen molar-refractivity contribution in [2.45, 2.75) is 6.54 Å². The molecule has 2 aromatic carbocycles. The van der Waals surface area contributed by atoms with Gasteiger partial charge >= 0.3 is 0 Å². The Morgan fingerprint density at radius 3 is 2.64 bits per heavy atom. The van der Waals surface area contributed by atoms with Gasteiger partial charge in [0.2, 0.25) is 11.5 Å². The van der Waals surface area contributed by atoms with E-state index in [0.29, 0.717) is 36.3 Å². The van der Waals surface area contributed by atoms with Gasteiger partial charge in [0.25, 0.3) is 0 Å². The van der Waals surface area contributed by atoms with Crippen molar-refractivity contribution in [3.8, 4) is 22.5 Å². The molecule has 5 rings (SSSR count). The maximum Gasteiger partial charge on any atom is 0.248 e. The lowest BCUT2D eigenvalue weighted by molar-refractivity contribution is 0.496. The molecule has 0 radical (unpaired) electrons. The van der Waals surface area contributed by atoms with E-state index in [0.717, 1.165) is 17.0 Å². The highest BCUT2D eigenvalue weighted by Gasteiger charge is 2.26. The molecule has 2 aromatic heterocycles. The zero-order chi connectivity index (χ0) is 19.4. The first-order valence-electron chi connectivity index (χ1n) is 8.64. The monoisotopic (exact) mass is 382 g/mol. The average molecular weight is 382 g/mol. The lowest BCUT2D eigenvalue weighted by Gasteiger charge is -2.10. The van der Waals surface area contributed by atoms with Crippen molar-refractivity contribution < 1.29 is 13.2 Å². The number of fused-ring (bicyclic) bond motifs is 2. The Morgan fingerprint density at radius 2 is 1.79 bits per heavy atom. The van der Waals surface area contributed by atoms with Crippen molar-refractivity contribution in [1.29, 1.82) is 0 Å². The van der Waals surface area contributed by atoms with Gasteiger partial charge in [0.1, 0.15) is 11.5 Å². The van der Waals surface area contributed by atoms with Crippen LogP contribution in [0, 0.1) is 17.5 Å². The molecule has 2 N–H and O–H groups in total. The zero-order valence-electron chi connectivity index (χ0n) is 14.4. The summed E-state index contributed by atoms with van der Waals surface area (Å²) in [6, 6.07) is 9.83. The van der Waals surface area contributed by atoms with Gasteiger partial charge in [-0.05, 0) is 29.7 Å². The molecule has 0 atom stereocenters. The summed E-state index contributed by atoms with van der Waals surface area (Å²) in [6.45, 7) is 1.27. The van der Waals surface area contributed by atoms with Crippen molar-refractivity contribution in [3.63, 3.8) is 0 Å². The highest BCUT2D eigenvalue weighted by molar-refractivity contribution is 5.88. The van der Waals surface area contributed by atoms with Crippen molar-refractivity contribution >= 4 is 16.9 Å². The van der Waals surface area contributed by atoms with E-state index >= 15 is 0 Å². The van der Waals surface area contributed by atoms with Crippen LogP contribution in [0.1, 0.15) is 0 Å². The van der Waals surface area contributed by atoms with Crippen LogP contribution < -0.4 is 10.9 Å². The second-order valence-electron chi connectivity index (χ2n) is 6.58. The Hall–Kier alpha value is -3.55. The topological polar surface area (TPSA) is 62.7 Å². The Labute approximate surface area is 156 Å². The highest BCUT2D eigenvalue weighted by atomic mass is 19.2. The van der Waals surface area contributed by atoms with Gasteiger partial charge in [-0.3, -0.25) is 4.79 Å². The number of benzene rings is 2. The van der Waals surface area contributed by atoms with Gasteiger partial charge < -0.3 is 14.9 Å². The Morgan fingerprint density at radius 1 is 0.964 bits per heavy atom. The Kier molecular flexibility index (Phi) is 3.55. The third-order valence-electron chi connectivity index (χ3n) is 4.85. The number of nitrogens with one attached hydrogen (secondary N) is 2. The van der Waals surface area contributed by atoms with Crippen LogP contribution in [0.15, 0.2) is 47.3 Å². The summed E-state index contributed by atoms with van der Waals surface area (Å²) in [5, 5.41) is 3.89. The van der Waals surface area contributed by atoms with Crippen LogP contribution in [0.25, 0.3) is 33.4 Å². The number of rotatable bonds is 2. The van der Waals surface area contributed by atoms with Gasteiger partial charge in [-0.25, -0.2) is 18.2 Å². The van der Waals surface area contributed by atoms with Crippen molar-refractivity contribution in [3.05, 3.63) is 70.3 Å². The molecule has 0 saturated heterocycles. The second-order valence-corrected chi connectivity index (χ2v) is 6.58. The van der Waals surface area contributed by atoms with E-state index in [9.17, 15) is 18.0 Å². The minimum atomic E-state index is -1.25. The first-order chi connectivity index (χ1) is 13.5. The number of anilines is 1. The summed E-state index contributed by atoms with van der Waals surface area (Å²) in [5.74, 6) is -2.74. The first-order valence-corrected chi connectivity index (χ1v) is 8.64. The van der Waals surface area contributed by atoms with Crippen LogP contribution >= 0.6 is 0 Å². The number of nitrogens with zero attached hydrogens (tertiary/aromatic N) is 2. The van der Waals surface area contributed by atoms with Gasteiger partial charge in [-0.1, -0.05) is 6.07 Å². The quantitative estimate of drug-likeness (QED) is 0.517. The van der Waals surface area contributed by atoms with E-state index in [1.54, 1.807) is 18.2 Å². The van der Waals surface area contributed by atoms with Crippen molar-refractivity contribution in [2.24, 2.45) is 0 Å².